The van der Waals surface area contributed by atoms with Crippen LogP contribution >= 0.6 is 11.6 Å². The largest absolute Gasteiger partial charge is 0.493 e. The lowest BCUT2D eigenvalue weighted by atomic mass is 9.95. The highest BCUT2D eigenvalue weighted by Gasteiger charge is 2.42. The molecule has 0 bridgehead atoms. The van der Waals surface area contributed by atoms with Gasteiger partial charge in [-0.05, 0) is 53.1 Å². The maximum Gasteiger partial charge on any atom is 0.273 e. The number of carbonyl (C=O) groups excluding carboxylic acids is 1. The minimum atomic E-state index is -0.445. The number of nitrogens with one attached hydrogen (secondary N) is 1. The Balaban J connectivity index is 1.28. The molecule has 2 aliphatic rings. The minimum Gasteiger partial charge on any atom is -0.493 e. The number of carbonyl (C=O) groups is 1. The first kappa shape index (κ1) is 26.0. The highest BCUT2D eigenvalue weighted by molar-refractivity contribution is 6.30. The lowest BCUT2D eigenvalue weighted by Gasteiger charge is -2.27. The van der Waals surface area contributed by atoms with Gasteiger partial charge in [-0.2, -0.15) is 5.10 Å². The summed E-state index contributed by atoms with van der Waals surface area (Å²) in [6.45, 7) is 0.932. The molecule has 9 heteroatoms. The Morgan fingerprint density at radius 2 is 1.74 bits per heavy atom. The van der Waals surface area contributed by atoms with Gasteiger partial charge in [0.1, 0.15) is 12.3 Å². The van der Waals surface area contributed by atoms with Crippen molar-refractivity contribution in [3.63, 3.8) is 0 Å². The monoisotopic (exact) mass is 579 g/mol. The third-order valence-corrected chi connectivity index (χ3v) is 7.76. The third-order valence-electron chi connectivity index (χ3n) is 7.51. The van der Waals surface area contributed by atoms with Gasteiger partial charge >= 0.3 is 0 Å². The molecule has 7 rings (SSSR count). The fourth-order valence-electron chi connectivity index (χ4n) is 5.48. The average molecular weight is 580 g/mol. The van der Waals surface area contributed by atoms with E-state index in [2.05, 4.69) is 10.2 Å². The molecule has 5 aromatic rings. The number of methoxy groups -OCH3 is 1. The fourth-order valence-corrected chi connectivity index (χ4v) is 5.60. The SMILES string of the molecule is COc1cc(C2c3c(-c4ccc(Cl)cc4)n[nH]c3C(=O)N2Cc2ccc3c(c2)OCO3)ccc1OCc1ccccc1. The van der Waals surface area contributed by atoms with Crippen LogP contribution < -0.4 is 18.9 Å². The summed E-state index contributed by atoms with van der Waals surface area (Å²) in [6, 6.07) is 28.5. The van der Waals surface area contributed by atoms with E-state index in [0.29, 0.717) is 52.6 Å². The number of halogens is 1. The Hall–Kier alpha value is -4.95. The lowest BCUT2D eigenvalue weighted by Crippen LogP contribution is -2.29. The molecule has 1 aromatic heterocycles. The van der Waals surface area contributed by atoms with Gasteiger partial charge in [0.15, 0.2) is 23.0 Å². The van der Waals surface area contributed by atoms with Gasteiger partial charge in [0.2, 0.25) is 6.79 Å². The molecule has 42 heavy (non-hydrogen) atoms. The number of aromatic amines is 1. The van der Waals surface area contributed by atoms with Crippen molar-refractivity contribution in [3.05, 3.63) is 124 Å². The third kappa shape index (κ3) is 4.69. The van der Waals surface area contributed by atoms with E-state index in [-0.39, 0.29) is 12.7 Å². The van der Waals surface area contributed by atoms with Crippen LogP contribution in [0.25, 0.3) is 11.3 Å². The fraction of sp³-hybridized carbons (Fsp3) is 0.152. The summed E-state index contributed by atoms with van der Waals surface area (Å²) < 4.78 is 23.0. The maximum atomic E-state index is 13.9. The molecule has 1 atom stereocenters. The van der Waals surface area contributed by atoms with Crippen LogP contribution in [0.4, 0.5) is 0 Å². The Labute approximate surface area is 247 Å². The van der Waals surface area contributed by atoms with Crippen LogP contribution in [0.5, 0.6) is 23.0 Å². The van der Waals surface area contributed by atoms with E-state index in [1.165, 1.54) is 0 Å². The predicted molar refractivity (Wildman–Crippen MR) is 157 cm³/mol. The van der Waals surface area contributed by atoms with E-state index in [0.717, 1.165) is 27.8 Å². The number of rotatable bonds is 8. The number of aromatic nitrogens is 2. The summed E-state index contributed by atoms with van der Waals surface area (Å²) in [6.07, 6.45) is 0. The standard InChI is InChI=1S/C33H26ClN3O5/c1-39-27-16-23(10-14-25(27)40-18-20-5-3-2-4-6-20)32-29-30(22-8-11-24(34)12-9-22)35-36-31(29)33(38)37(32)17-21-7-13-26-28(15-21)42-19-41-26/h2-16,32H,17-19H2,1H3,(H,35,36). The van der Waals surface area contributed by atoms with Crippen LogP contribution in [0.3, 0.4) is 0 Å². The van der Waals surface area contributed by atoms with Crippen LogP contribution in [-0.2, 0) is 13.2 Å². The zero-order valence-electron chi connectivity index (χ0n) is 22.7. The van der Waals surface area contributed by atoms with E-state index in [4.69, 9.17) is 30.5 Å². The van der Waals surface area contributed by atoms with E-state index in [1.54, 1.807) is 7.11 Å². The maximum absolute atomic E-state index is 13.9. The number of hydrogen-bond donors (Lipinski definition) is 1. The molecular formula is C33H26ClN3O5. The lowest BCUT2D eigenvalue weighted by molar-refractivity contribution is 0.0729. The minimum absolute atomic E-state index is 0.149. The second-order valence-electron chi connectivity index (χ2n) is 10.1. The summed E-state index contributed by atoms with van der Waals surface area (Å²) in [7, 11) is 1.61. The second kappa shape index (κ2) is 10.8. The van der Waals surface area contributed by atoms with Crippen LogP contribution in [0.1, 0.15) is 38.8 Å². The number of nitrogens with zero attached hydrogens (tertiary/aromatic N) is 2. The molecule has 1 unspecified atom stereocenters. The second-order valence-corrected chi connectivity index (χ2v) is 10.5. The molecule has 0 aliphatic carbocycles. The first-order chi connectivity index (χ1) is 20.6. The summed E-state index contributed by atoms with van der Waals surface area (Å²) in [5.41, 5.74) is 5.63. The van der Waals surface area contributed by atoms with Crippen LogP contribution in [0.15, 0.2) is 91.0 Å². The molecule has 4 aromatic carbocycles. The van der Waals surface area contributed by atoms with E-state index < -0.39 is 6.04 Å². The molecule has 1 amide bonds. The molecule has 0 saturated heterocycles. The molecule has 2 aliphatic heterocycles. The number of hydrogen-bond acceptors (Lipinski definition) is 6. The number of H-pyrrole nitrogens is 1. The Morgan fingerprint density at radius 3 is 2.55 bits per heavy atom. The zero-order valence-corrected chi connectivity index (χ0v) is 23.4. The van der Waals surface area contributed by atoms with Gasteiger partial charge < -0.3 is 23.8 Å². The van der Waals surface area contributed by atoms with Crippen LogP contribution in [-0.4, -0.2) is 34.9 Å². The average Bonchev–Trinajstić information content (AvgIpc) is 3.73. The van der Waals surface area contributed by atoms with Gasteiger partial charge in [-0.3, -0.25) is 9.89 Å². The summed E-state index contributed by atoms with van der Waals surface area (Å²) in [4.78, 5) is 15.8. The quantitative estimate of drug-likeness (QED) is 0.218. The molecule has 0 radical (unpaired) electrons. The van der Waals surface area contributed by atoms with Crippen molar-refractivity contribution in [1.82, 2.24) is 15.1 Å². The Kier molecular flexibility index (Phi) is 6.68. The number of fused-ring (bicyclic) bond motifs is 2. The molecule has 8 nitrogen and oxygen atoms in total. The normalized spacial score (nSPS) is 15.1. The summed E-state index contributed by atoms with van der Waals surface area (Å²) in [5, 5.41) is 8.20. The van der Waals surface area contributed by atoms with Gasteiger partial charge in [-0.1, -0.05) is 66.2 Å². The van der Waals surface area contributed by atoms with Gasteiger partial charge in [0, 0.05) is 22.7 Å². The Morgan fingerprint density at radius 1 is 0.929 bits per heavy atom. The van der Waals surface area contributed by atoms with Crippen molar-refractivity contribution < 1.29 is 23.7 Å². The zero-order chi connectivity index (χ0) is 28.6. The van der Waals surface area contributed by atoms with E-state index in [9.17, 15) is 4.79 Å². The highest BCUT2D eigenvalue weighted by atomic mass is 35.5. The van der Waals surface area contributed by atoms with Crippen molar-refractivity contribution in [2.75, 3.05) is 13.9 Å². The molecule has 0 saturated carbocycles. The molecule has 210 valence electrons. The first-order valence-corrected chi connectivity index (χ1v) is 13.8. The van der Waals surface area contributed by atoms with Gasteiger partial charge in [0.05, 0.1) is 18.8 Å². The predicted octanol–water partition coefficient (Wildman–Crippen LogP) is 6.79. The van der Waals surface area contributed by atoms with Gasteiger partial charge in [-0.15, -0.1) is 0 Å². The van der Waals surface area contributed by atoms with E-state index >= 15 is 0 Å². The molecule has 0 fully saturated rings. The highest BCUT2D eigenvalue weighted by Crippen LogP contribution is 2.46. The van der Waals surface area contributed by atoms with Gasteiger partial charge in [0.25, 0.3) is 5.91 Å². The van der Waals surface area contributed by atoms with Crippen molar-refractivity contribution in [2.24, 2.45) is 0 Å². The van der Waals surface area contributed by atoms with Crippen molar-refractivity contribution in [1.29, 1.82) is 0 Å². The molecule has 1 N–H and O–H groups in total. The van der Waals surface area contributed by atoms with Crippen molar-refractivity contribution >= 4 is 17.5 Å². The molecule has 0 spiro atoms. The van der Waals surface area contributed by atoms with Gasteiger partial charge in [-0.25, -0.2) is 0 Å². The number of benzene rings is 4. The smallest absolute Gasteiger partial charge is 0.273 e. The first-order valence-electron chi connectivity index (χ1n) is 13.5. The Bertz CT molecular complexity index is 1770. The van der Waals surface area contributed by atoms with E-state index in [1.807, 2.05) is 95.9 Å². The molecular weight excluding hydrogens is 554 g/mol. The topological polar surface area (TPSA) is 85.9 Å². The van der Waals surface area contributed by atoms with Crippen LogP contribution in [0, 0.1) is 0 Å². The number of ether oxygens (including phenoxy) is 4. The van der Waals surface area contributed by atoms with Crippen molar-refractivity contribution in [3.8, 4) is 34.3 Å². The van der Waals surface area contributed by atoms with Crippen molar-refractivity contribution in [2.45, 2.75) is 19.2 Å². The summed E-state index contributed by atoms with van der Waals surface area (Å²) >= 11 is 6.17. The van der Waals surface area contributed by atoms with Crippen LogP contribution in [0.2, 0.25) is 5.02 Å². The summed E-state index contributed by atoms with van der Waals surface area (Å²) in [5.74, 6) is 2.40. The molecule has 3 heterocycles. The number of amides is 1.